The molecule has 2 heterocycles. The van der Waals surface area contributed by atoms with Gasteiger partial charge in [0.15, 0.2) is 0 Å². The lowest BCUT2D eigenvalue weighted by atomic mass is 10.1. The molecule has 2 fully saturated rings. The third-order valence-corrected chi connectivity index (χ3v) is 5.90. The lowest BCUT2D eigenvalue weighted by Crippen LogP contribution is -2.37. The van der Waals surface area contributed by atoms with Gasteiger partial charge in [0.2, 0.25) is 10.0 Å². The molecule has 1 aromatic rings. The molecule has 2 aliphatic rings. The van der Waals surface area contributed by atoms with E-state index in [0.717, 1.165) is 19.3 Å². The number of pyridine rings is 1. The smallest absolute Gasteiger partial charge is 0.244 e. The van der Waals surface area contributed by atoms with Crippen LogP contribution in [0.1, 0.15) is 24.8 Å². The maximum absolute atomic E-state index is 12.7. The van der Waals surface area contributed by atoms with Crippen LogP contribution in [0.25, 0.3) is 0 Å². The van der Waals surface area contributed by atoms with Crippen molar-refractivity contribution in [3.63, 3.8) is 0 Å². The number of sulfonamides is 1. The van der Waals surface area contributed by atoms with Crippen LogP contribution in [0.3, 0.4) is 0 Å². The molecule has 0 spiro atoms. The molecule has 2 unspecified atom stereocenters. The standard InChI is InChI=1S/C14H17N3O2S/c15-5-1-2-11-7-14(9-16-8-11)20(18,19)17-10-12-3-4-13(17)6-12/h7-9,12-13H,3-6,10,15H2. The fourth-order valence-electron chi connectivity index (χ4n) is 3.09. The maximum Gasteiger partial charge on any atom is 0.244 e. The zero-order valence-corrected chi connectivity index (χ0v) is 11.9. The molecule has 2 N–H and O–H groups in total. The number of fused-ring (bicyclic) bond motifs is 2. The summed E-state index contributed by atoms with van der Waals surface area (Å²) in [6.45, 7) is 0.887. The van der Waals surface area contributed by atoms with Gasteiger partial charge in [0.1, 0.15) is 4.90 Å². The summed E-state index contributed by atoms with van der Waals surface area (Å²) in [6.07, 6.45) is 6.08. The van der Waals surface area contributed by atoms with Crippen LogP contribution in [-0.2, 0) is 10.0 Å². The number of aromatic nitrogens is 1. The van der Waals surface area contributed by atoms with Crippen molar-refractivity contribution < 1.29 is 8.42 Å². The van der Waals surface area contributed by atoms with E-state index in [9.17, 15) is 8.42 Å². The van der Waals surface area contributed by atoms with E-state index in [1.165, 1.54) is 6.20 Å². The number of hydrogen-bond donors (Lipinski definition) is 1. The Morgan fingerprint density at radius 1 is 1.40 bits per heavy atom. The van der Waals surface area contributed by atoms with Crippen molar-refractivity contribution in [3.8, 4) is 11.8 Å². The summed E-state index contributed by atoms with van der Waals surface area (Å²) < 4.78 is 27.0. The SMILES string of the molecule is NCC#Cc1cncc(S(=O)(=O)N2CC3CCC2C3)c1. The first kappa shape index (κ1) is 13.6. The number of nitrogens with zero attached hydrogens (tertiary/aromatic N) is 2. The van der Waals surface area contributed by atoms with Crippen LogP contribution in [0.15, 0.2) is 23.4 Å². The second-order valence-corrected chi connectivity index (χ2v) is 7.21. The molecule has 5 nitrogen and oxygen atoms in total. The van der Waals surface area contributed by atoms with Crippen LogP contribution in [-0.4, -0.2) is 36.8 Å². The van der Waals surface area contributed by atoms with Gasteiger partial charge in [0.05, 0.1) is 6.54 Å². The minimum absolute atomic E-state index is 0.170. The Balaban J connectivity index is 1.91. The van der Waals surface area contributed by atoms with Crippen molar-refractivity contribution >= 4 is 10.0 Å². The van der Waals surface area contributed by atoms with Crippen molar-refractivity contribution in [1.29, 1.82) is 0 Å². The van der Waals surface area contributed by atoms with Gasteiger partial charge in [-0.2, -0.15) is 4.31 Å². The van der Waals surface area contributed by atoms with Gasteiger partial charge in [-0.05, 0) is 31.2 Å². The molecular weight excluding hydrogens is 274 g/mol. The van der Waals surface area contributed by atoms with E-state index in [1.54, 1.807) is 16.6 Å². The number of hydrogen-bond acceptors (Lipinski definition) is 4. The molecule has 2 bridgehead atoms. The monoisotopic (exact) mass is 291 g/mol. The van der Waals surface area contributed by atoms with E-state index >= 15 is 0 Å². The minimum atomic E-state index is -3.45. The van der Waals surface area contributed by atoms with E-state index in [-0.39, 0.29) is 17.5 Å². The normalized spacial score (nSPS) is 25.4. The van der Waals surface area contributed by atoms with Crippen molar-refractivity contribution in [2.45, 2.75) is 30.2 Å². The predicted octanol–water partition coefficient (Wildman–Crippen LogP) is 0.565. The van der Waals surface area contributed by atoms with Crippen molar-refractivity contribution in [2.24, 2.45) is 11.7 Å². The Kier molecular flexibility index (Phi) is 3.50. The molecule has 6 heteroatoms. The molecular formula is C14H17N3O2S. The molecule has 2 atom stereocenters. The van der Waals surface area contributed by atoms with Gasteiger partial charge in [-0.15, -0.1) is 0 Å². The van der Waals surface area contributed by atoms with Crippen molar-refractivity contribution in [1.82, 2.24) is 9.29 Å². The second kappa shape index (κ2) is 5.17. The average molecular weight is 291 g/mol. The first-order valence-corrected chi connectivity index (χ1v) is 8.21. The zero-order valence-electron chi connectivity index (χ0n) is 11.1. The Hall–Kier alpha value is -1.42. The molecule has 1 aliphatic heterocycles. The summed E-state index contributed by atoms with van der Waals surface area (Å²) in [5, 5.41) is 0. The highest BCUT2D eigenvalue weighted by atomic mass is 32.2. The van der Waals surface area contributed by atoms with Crippen LogP contribution in [0, 0.1) is 17.8 Å². The van der Waals surface area contributed by atoms with E-state index in [1.807, 2.05) is 0 Å². The Morgan fingerprint density at radius 2 is 2.25 bits per heavy atom. The molecule has 0 amide bonds. The Bertz CT molecular complexity index is 675. The van der Waals surface area contributed by atoms with Gasteiger partial charge in [-0.3, -0.25) is 4.98 Å². The van der Waals surface area contributed by atoms with Crippen LogP contribution in [0.2, 0.25) is 0 Å². The van der Waals surface area contributed by atoms with Gasteiger partial charge in [0, 0.05) is 30.5 Å². The highest BCUT2D eigenvalue weighted by Crippen LogP contribution is 2.40. The van der Waals surface area contributed by atoms with Crippen LogP contribution < -0.4 is 5.73 Å². The van der Waals surface area contributed by atoms with Crippen LogP contribution >= 0.6 is 0 Å². The molecule has 1 aromatic heterocycles. The minimum Gasteiger partial charge on any atom is -0.320 e. The molecule has 1 aliphatic carbocycles. The van der Waals surface area contributed by atoms with Crippen molar-refractivity contribution in [2.75, 3.05) is 13.1 Å². The first-order valence-electron chi connectivity index (χ1n) is 6.77. The van der Waals surface area contributed by atoms with Gasteiger partial charge in [0.25, 0.3) is 0 Å². The zero-order chi connectivity index (χ0) is 14.2. The summed E-state index contributed by atoms with van der Waals surface area (Å²) in [5.74, 6) is 6.06. The maximum atomic E-state index is 12.7. The molecule has 1 saturated heterocycles. The quantitative estimate of drug-likeness (QED) is 0.808. The predicted molar refractivity (Wildman–Crippen MR) is 75.2 cm³/mol. The molecule has 106 valence electrons. The fourth-order valence-corrected chi connectivity index (χ4v) is 4.82. The molecule has 1 saturated carbocycles. The highest BCUT2D eigenvalue weighted by molar-refractivity contribution is 7.89. The molecule has 0 aromatic carbocycles. The third-order valence-electron chi connectivity index (χ3n) is 4.01. The molecule has 3 rings (SSSR count). The average Bonchev–Trinajstić information content (AvgIpc) is 3.08. The van der Waals surface area contributed by atoms with Gasteiger partial charge >= 0.3 is 0 Å². The Morgan fingerprint density at radius 3 is 2.90 bits per heavy atom. The van der Waals surface area contributed by atoms with Crippen LogP contribution in [0.4, 0.5) is 0 Å². The van der Waals surface area contributed by atoms with Gasteiger partial charge < -0.3 is 5.73 Å². The van der Waals surface area contributed by atoms with E-state index < -0.39 is 10.0 Å². The Labute approximate surface area is 119 Å². The summed E-state index contributed by atoms with van der Waals surface area (Å²) >= 11 is 0. The highest BCUT2D eigenvalue weighted by Gasteiger charge is 2.44. The third kappa shape index (κ3) is 2.33. The van der Waals surface area contributed by atoms with E-state index in [4.69, 9.17) is 5.73 Å². The topological polar surface area (TPSA) is 76.3 Å². The fraction of sp³-hybridized carbons (Fsp3) is 0.500. The summed E-state index contributed by atoms with van der Waals surface area (Å²) in [4.78, 5) is 4.22. The largest absolute Gasteiger partial charge is 0.320 e. The lowest BCUT2D eigenvalue weighted by molar-refractivity contribution is 0.333. The second-order valence-electron chi connectivity index (χ2n) is 5.32. The van der Waals surface area contributed by atoms with Gasteiger partial charge in [-0.25, -0.2) is 8.42 Å². The summed E-state index contributed by atoms with van der Waals surface area (Å²) in [6, 6.07) is 1.75. The van der Waals surface area contributed by atoms with Crippen molar-refractivity contribution in [3.05, 3.63) is 24.0 Å². The lowest BCUT2D eigenvalue weighted by Gasteiger charge is -2.25. The van der Waals surface area contributed by atoms with E-state index in [0.29, 0.717) is 18.0 Å². The first-order chi connectivity index (χ1) is 9.61. The summed E-state index contributed by atoms with van der Waals surface area (Å²) in [7, 11) is -3.45. The number of piperidine rings is 1. The van der Waals surface area contributed by atoms with Gasteiger partial charge in [-0.1, -0.05) is 11.8 Å². The number of nitrogens with two attached hydrogens (primary N) is 1. The molecule has 20 heavy (non-hydrogen) atoms. The van der Waals surface area contributed by atoms with E-state index in [2.05, 4.69) is 16.8 Å². The summed E-state index contributed by atoms with van der Waals surface area (Å²) in [5.41, 5.74) is 5.90. The van der Waals surface area contributed by atoms with Crippen LogP contribution in [0.5, 0.6) is 0 Å². The molecule has 0 radical (unpaired) electrons. The number of rotatable bonds is 2.